The van der Waals surface area contributed by atoms with Crippen LogP contribution in [0.3, 0.4) is 0 Å². The Kier molecular flexibility index (Phi) is 6.51. The molecule has 29 heavy (non-hydrogen) atoms. The molecule has 156 valence electrons. The van der Waals surface area contributed by atoms with Gasteiger partial charge in [0.15, 0.2) is 5.17 Å². The van der Waals surface area contributed by atoms with Crippen molar-refractivity contribution in [1.82, 2.24) is 0 Å². The van der Waals surface area contributed by atoms with Gasteiger partial charge in [-0.2, -0.15) is 0 Å². The third-order valence-electron chi connectivity index (χ3n) is 4.57. The van der Waals surface area contributed by atoms with Crippen molar-refractivity contribution >= 4 is 44.2 Å². The number of hydrogen-bond acceptors (Lipinski definition) is 5. The van der Waals surface area contributed by atoms with Crippen molar-refractivity contribution in [2.75, 3.05) is 23.7 Å². The van der Waals surface area contributed by atoms with Gasteiger partial charge in [-0.1, -0.05) is 56.3 Å². The lowest BCUT2D eigenvalue weighted by atomic mass is 9.87. The molecule has 0 unspecified atom stereocenters. The fourth-order valence-electron chi connectivity index (χ4n) is 2.96. The van der Waals surface area contributed by atoms with Crippen LogP contribution in [0.25, 0.3) is 0 Å². The lowest BCUT2D eigenvalue weighted by Crippen LogP contribution is -2.37. The van der Waals surface area contributed by atoms with Crippen LogP contribution in [0, 0.1) is 0 Å². The molecule has 0 saturated carbocycles. The molecule has 1 heterocycles. The number of sulfonamides is 1. The predicted molar refractivity (Wildman–Crippen MR) is 122 cm³/mol. The van der Waals surface area contributed by atoms with Crippen LogP contribution in [0.2, 0.25) is 5.02 Å². The lowest BCUT2D eigenvalue weighted by Gasteiger charge is -2.28. The first-order chi connectivity index (χ1) is 13.6. The van der Waals surface area contributed by atoms with Gasteiger partial charge in [0.1, 0.15) is 11.4 Å². The summed E-state index contributed by atoms with van der Waals surface area (Å²) >= 11 is 7.62. The molecule has 0 saturated heterocycles. The number of anilines is 1. The summed E-state index contributed by atoms with van der Waals surface area (Å²) in [5.41, 5.74) is 1.35. The van der Waals surface area contributed by atoms with Gasteiger partial charge < -0.3 is 4.74 Å². The van der Waals surface area contributed by atoms with Crippen LogP contribution in [0.5, 0.6) is 5.75 Å². The highest BCUT2D eigenvalue weighted by Gasteiger charge is 2.33. The molecule has 8 heteroatoms. The number of thioether (sulfide) groups is 1. The van der Waals surface area contributed by atoms with Crippen LogP contribution in [0.15, 0.2) is 52.4 Å². The monoisotopic (exact) mass is 452 g/mol. The molecule has 5 nitrogen and oxygen atoms in total. The first-order valence-electron chi connectivity index (χ1n) is 9.31. The minimum absolute atomic E-state index is 0.0680. The zero-order valence-corrected chi connectivity index (χ0v) is 19.4. The third-order valence-corrected chi connectivity index (χ3v) is 7.70. The Morgan fingerprint density at radius 3 is 2.38 bits per heavy atom. The van der Waals surface area contributed by atoms with E-state index in [1.807, 2.05) is 12.1 Å². The molecule has 0 N–H and O–H groups in total. The number of hydrogen-bond donors (Lipinski definition) is 0. The highest BCUT2D eigenvalue weighted by molar-refractivity contribution is 8.15. The maximum atomic E-state index is 13.7. The van der Waals surface area contributed by atoms with Gasteiger partial charge in [0.05, 0.1) is 12.0 Å². The highest BCUT2D eigenvalue weighted by Crippen LogP contribution is 2.38. The fraction of sp³-hybridized carbons (Fsp3) is 0.381. The van der Waals surface area contributed by atoms with Gasteiger partial charge in [0.25, 0.3) is 10.0 Å². The minimum atomic E-state index is -3.92. The molecule has 1 aliphatic rings. The van der Waals surface area contributed by atoms with Crippen molar-refractivity contribution in [1.29, 1.82) is 0 Å². The van der Waals surface area contributed by atoms with Crippen molar-refractivity contribution in [2.45, 2.75) is 37.5 Å². The van der Waals surface area contributed by atoms with E-state index in [4.69, 9.17) is 16.3 Å². The normalized spacial score (nSPS) is 15.0. The molecular formula is C21H25ClN2O3S2. The maximum absolute atomic E-state index is 13.7. The summed E-state index contributed by atoms with van der Waals surface area (Å²) in [7, 11) is -2.42. The number of amidine groups is 1. The van der Waals surface area contributed by atoms with Crippen LogP contribution in [0.1, 0.15) is 32.8 Å². The number of benzene rings is 2. The second-order valence-corrected chi connectivity index (χ2v) is 11.0. The molecule has 1 aliphatic heterocycles. The van der Waals surface area contributed by atoms with Crippen molar-refractivity contribution in [2.24, 2.45) is 4.99 Å². The molecule has 0 aliphatic carbocycles. The molecule has 0 amide bonds. The second kappa shape index (κ2) is 8.58. The molecule has 0 fully saturated rings. The van der Waals surface area contributed by atoms with E-state index in [0.717, 1.165) is 17.7 Å². The fourth-order valence-corrected chi connectivity index (χ4v) is 5.79. The average molecular weight is 453 g/mol. The summed E-state index contributed by atoms with van der Waals surface area (Å²) in [5, 5.41) is 0.849. The van der Waals surface area contributed by atoms with Crippen LogP contribution in [-0.2, 0) is 15.4 Å². The van der Waals surface area contributed by atoms with E-state index in [0.29, 0.717) is 28.2 Å². The van der Waals surface area contributed by atoms with Crippen molar-refractivity contribution in [3.8, 4) is 5.75 Å². The second-order valence-electron chi connectivity index (χ2n) is 7.73. The molecule has 2 aromatic carbocycles. The quantitative estimate of drug-likeness (QED) is 0.628. The van der Waals surface area contributed by atoms with E-state index < -0.39 is 10.0 Å². The van der Waals surface area contributed by atoms with E-state index >= 15 is 0 Å². The largest absolute Gasteiger partial charge is 0.495 e. The number of methoxy groups -OCH3 is 1. The first kappa shape index (κ1) is 22.0. The predicted octanol–water partition coefficient (Wildman–Crippen LogP) is 5.33. The van der Waals surface area contributed by atoms with E-state index in [1.54, 1.807) is 30.3 Å². The first-order valence-corrected chi connectivity index (χ1v) is 12.1. The van der Waals surface area contributed by atoms with Crippen LogP contribution in [0.4, 0.5) is 5.69 Å². The Hall–Kier alpha value is -1.70. The highest BCUT2D eigenvalue weighted by atomic mass is 35.5. The number of rotatable bonds is 4. The summed E-state index contributed by atoms with van der Waals surface area (Å²) in [6.45, 7) is 6.85. The number of ether oxygens (including phenoxy) is 1. The third kappa shape index (κ3) is 4.73. The number of nitrogens with zero attached hydrogens (tertiary/aromatic N) is 2. The van der Waals surface area contributed by atoms with Crippen LogP contribution in [-0.4, -0.2) is 33.0 Å². The van der Waals surface area contributed by atoms with Crippen molar-refractivity contribution in [3.63, 3.8) is 0 Å². The molecular weight excluding hydrogens is 428 g/mol. The Balaban J connectivity index is 2.16. The summed E-state index contributed by atoms with van der Waals surface area (Å²) in [6, 6.07) is 11.9. The van der Waals surface area contributed by atoms with E-state index in [9.17, 15) is 8.42 Å². The van der Waals surface area contributed by atoms with E-state index in [-0.39, 0.29) is 10.3 Å². The number of halogens is 1. The molecule has 0 atom stereocenters. The van der Waals surface area contributed by atoms with Gasteiger partial charge >= 0.3 is 0 Å². The molecule has 0 bridgehead atoms. The average Bonchev–Trinajstić information content (AvgIpc) is 2.68. The smallest absolute Gasteiger partial charge is 0.270 e. The molecule has 0 spiro atoms. The minimum Gasteiger partial charge on any atom is -0.495 e. The summed E-state index contributed by atoms with van der Waals surface area (Å²) in [4.78, 5) is 4.68. The van der Waals surface area contributed by atoms with Gasteiger partial charge in [-0.3, -0.25) is 4.99 Å². The van der Waals surface area contributed by atoms with Gasteiger partial charge in [-0.25, -0.2) is 12.7 Å². The van der Waals surface area contributed by atoms with Crippen molar-refractivity contribution < 1.29 is 13.2 Å². The molecule has 3 rings (SSSR count). The van der Waals surface area contributed by atoms with Gasteiger partial charge in [0.2, 0.25) is 0 Å². The summed E-state index contributed by atoms with van der Waals surface area (Å²) in [6.07, 6.45) is 0.912. The zero-order valence-electron chi connectivity index (χ0n) is 17.0. The Bertz CT molecular complexity index is 1010. The van der Waals surface area contributed by atoms with E-state index in [2.05, 4.69) is 25.8 Å². The van der Waals surface area contributed by atoms with Crippen LogP contribution < -0.4 is 9.04 Å². The Morgan fingerprint density at radius 2 is 1.83 bits per heavy atom. The van der Waals surface area contributed by atoms with Gasteiger partial charge in [0, 0.05) is 17.3 Å². The van der Waals surface area contributed by atoms with E-state index in [1.165, 1.54) is 23.2 Å². The zero-order chi connectivity index (χ0) is 21.2. The molecule has 0 radical (unpaired) electrons. The Morgan fingerprint density at radius 1 is 1.14 bits per heavy atom. The van der Waals surface area contributed by atoms with Gasteiger partial charge in [-0.15, -0.1) is 0 Å². The molecule has 2 aromatic rings. The Labute approximate surface area is 182 Å². The maximum Gasteiger partial charge on any atom is 0.270 e. The summed E-state index contributed by atoms with van der Waals surface area (Å²) in [5.74, 6) is 1.22. The summed E-state index contributed by atoms with van der Waals surface area (Å²) < 4.78 is 34.1. The van der Waals surface area contributed by atoms with Crippen molar-refractivity contribution in [3.05, 3.63) is 53.1 Å². The molecule has 0 aromatic heterocycles. The van der Waals surface area contributed by atoms with Crippen LogP contribution >= 0.6 is 23.4 Å². The SMILES string of the molecule is COc1ccc(Cl)cc1N(C1=NCCCS1)S(=O)(=O)c1ccc(C(C)(C)C)cc1. The number of aliphatic imine (C=N–C) groups is 1. The van der Waals surface area contributed by atoms with Gasteiger partial charge in [-0.05, 0) is 47.7 Å². The topological polar surface area (TPSA) is 59.0 Å². The lowest BCUT2D eigenvalue weighted by molar-refractivity contribution is 0.416. The standard InChI is InChI=1S/C21H25ClN2O3S2/c1-21(2,3)15-6-9-17(10-7-15)29(25,26)24(20-23-12-5-13-28-20)18-14-16(22)8-11-19(18)27-4/h6-11,14H,5,12-13H2,1-4H3.